The van der Waals surface area contributed by atoms with Crippen LogP contribution in [0.3, 0.4) is 0 Å². The lowest BCUT2D eigenvalue weighted by atomic mass is 10.2. The summed E-state index contributed by atoms with van der Waals surface area (Å²) in [5.74, 6) is 1.31. The van der Waals surface area contributed by atoms with Gasteiger partial charge in [0.1, 0.15) is 11.9 Å². The van der Waals surface area contributed by atoms with Crippen molar-refractivity contribution in [3.8, 4) is 0 Å². The lowest BCUT2D eigenvalue weighted by Gasteiger charge is -2.11. The summed E-state index contributed by atoms with van der Waals surface area (Å²) in [5, 5.41) is 6.05. The first-order valence-electron chi connectivity index (χ1n) is 6.77. The Hall–Kier alpha value is -1.62. The van der Waals surface area contributed by atoms with Crippen molar-refractivity contribution in [2.75, 3.05) is 23.8 Å². The highest BCUT2D eigenvalue weighted by Gasteiger charge is 2.23. The molecule has 5 nitrogen and oxygen atoms in total. The molecule has 1 saturated heterocycles. The van der Waals surface area contributed by atoms with Gasteiger partial charge in [0.05, 0.1) is 11.9 Å². The molecule has 1 unspecified atom stereocenters. The summed E-state index contributed by atoms with van der Waals surface area (Å²) in [6, 6.07) is 3.72. The third-order valence-electron chi connectivity index (χ3n) is 2.94. The van der Waals surface area contributed by atoms with E-state index < -0.39 is 0 Å². The van der Waals surface area contributed by atoms with Gasteiger partial charge in [-0.1, -0.05) is 13.8 Å². The summed E-state index contributed by atoms with van der Waals surface area (Å²) >= 11 is 0. The summed E-state index contributed by atoms with van der Waals surface area (Å²) in [6.07, 6.45) is 3.11. The highest BCUT2D eigenvalue weighted by Crippen LogP contribution is 2.15. The fourth-order valence-electron chi connectivity index (χ4n) is 1.89. The van der Waals surface area contributed by atoms with Crippen LogP contribution in [0.5, 0.6) is 0 Å². The van der Waals surface area contributed by atoms with E-state index in [4.69, 9.17) is 4.74 Å². The van der Waals surface area contributed by atoms with Gasteiger partial charge in [-0.3, -0.25) is 4.79 Å². The summed E-state index contributed by atoms with van der Waals surface area (Å²) in [4.78, 5) is 16.1. The van der Waals surface area contributed by atoms with Crippen molar-refractivity contribution in [3.63, 3.8) is 0 Å². The zero-order valence-corrected chi connectivity index (χ0v) is 11.5. The zero-order valence-electron chi connectivity index (χ0n) is 11.5. The van der Waals surface area contributed by atoms with Gasteiger partial charge in [-0.15, -0.1) is 0 Å². The smallest absolute Gasteiger partial charge is 0.253 e. The molecule has 0 bridgehead atoms. The van der Waals surface area contributed by atoms with Crippen molar-refractivity contribution in [3.05, 3.63) is 18.3 Å². The van der Waals surface area contributed by atoms with Crippen LogP contribution in [-0.4, -0.2) is 30.1 Å². The van der Waals surface area contributed by atoms with Crippen LogP contribution in [0.1, 0.15) is 26.7 Å². The second-order valence-corrected chi connectivity index (χ2v) is 5.20. The van der Waals surface area contributed by atoms with Gasteiger partial charge in [0.25, 0.3) is 5.91 Å². The van der Waals surface area contributed by atoms with Crippen LogP contribution >= 0.6 is 0 Å². The van der Waals surface area contributed by atoms with Crippen molar-refractivity contribution in [1.29, 1.82) is 0 Å². The Labute approximate surface area is 113 Å². The van der Waals surface area contributed by atoms with E-state index in [2.05, 4.69) is 29.5 Å². The average molecular weight is 263 g/mol. The normalized spacial score (nSPS) is 18.6. The van der Waals surface area contributed by atoms with E-state index in [1.807, 2.05) is 12.1 Å². The van der Waals surface area contributed by atoms with Gasteiger partial charge in [-0.05, 0) is 30.9 Å². The van der Waals surface area contributed by atoms with E-state index in [-0.39, 0.29) is 12.0 Å². The Kier molecular flexibility index (Phi) is 4.74. The third kappa shape index (κ3) is 4.21. The topological polar surface area (TPSA) is 63.2 Å². The maximum atomic E-state index is 11.8. The highest BCUT2D eigenvalue weighted by atomic mass is 16.5. The number of hydrogen-bond acceptors (Lipinski definition) is 4. The van der Waals surface area contributed by atoms with Crippen molar-refractivity contribution in [1.82, 2.24) is 4.98 Å². The van der Waals surface area contributed by atoms with Crippen LogP contribution in [0.2, 0.25) is 0 Å². The lowest BCUT2D eigenvalue weighted by Crippen LogP contribution is -2.26. The maximum absolute atomic E-state index is 11.8. The van der Waals surface area contributed by atoms with Gasteiger partial charge in [0, 0.05) is 13.2 Å². The molecule has 2 rings (SSSR count). The second kappa shape index (κ2) is 6.52. The average Bonchev–Trinajstić information content (AvgIpc) is 2.92. The van der Waals surface area contributed by atoms with E-state index in [0.717, 1.165) is 25.2 Å². The van der Waals surface area contributed by atoms with Gasteiger partial charge in [-0.25, -0.2) is 4.98 Å². The number of rotatable bonds is 5. The molecule has 1 aromatic rings. The Balaban J connectivity index is 1.85. The second-order valence-electron chi connectivity index (χ2n) is 5.20. The number of anilines is 2. The van der Waals surface area contributed by atoms with Gasteiger partial charge in [0.2, 0.25) is 0 Å². The van der Waals surface area contributed by atoms with E-state index in [9.17, 15) is 4.79 Å². The Morgan fingerprint density at radius 1 is 1.53 bits per heavy atom. The molecule has 2 N–H and O–H groups in total. The quantitative estimate of drug-likeness (QED) is 0.855. The fraction of sp³-hybridized carbons (Fsp3) is 0.571. The summed E-state index contributed by atoms with van der Waals surface area (Å²) in [5.41, 5.74) is 0.704. The van der Waals surface area contributed by atoms with E-state index in [1.165, 1.54) is 0 Å². The van der Waals surface area contributed by atoms with E-state index >= 15 is 0 Å². The van der Waals surface area contributed by atoms with E-state index in [0.29, 0.717) is 18.2 Å². The lowest BCUT2D eigenvalue weighted by molar-refractivity contribution is -0.124. The molecule has 0 aromatic carbocycles. The van der Waals surface area contributed by atoms with Crippen LogP contribution in [-0.2, 0) is 9.53 Å². The molecule has 2 heterocycles. The predicted octanol–water partition coefficient (Wildman–Crippen LogP) is 2.27. The molecule has 1 amide bonds. The molecular weight excluding hydrogens is 242 g/mol. The van der Waals surface area contributed by atoms with Gasteiger partial charge < -0.3 is 15.4 Å². The highest BCUT2D eigenvalue weighted by molar-refractivity contribution is 5.94. The first kappa shape index (κ1) is 13.8. The minimum Gasteiger partial charge on any atom is -0.370 e. The zero-order chi connectivity index (χ0) is 13.7. The van der Waals surface area contributed by atoms with Gasteiger partial charge in [-0.2, -0.15) is 0 Å². The summed E-state index contributed by atoms with van der Waals surface area (Å²) < 4.78 is 5.33. The predicted molar refractivity (Wildman–Crippen MR) is 75.2 cm³/mol. The molecule has 104 valence electrons. The molecule has 0 spiro atoms. The number of nitrogens with zero attached hydrogens (tertiary/aromatic N) is 1. The number of hydrogen-bond donors (Lipinski definition) is 2. The molecule has 1 aliphatic heterocycles. The standard InChI is InChI=1S/C14H21N3O2/c1-10(2)8-15-13-6-5-11(9-16-13)17-14(18)12-4-3-7-19-12/h5-6,9-10,12H,3-4,7-8H2,1-2H3,(H,15,16)(H,17,18). The minimum absolute atomic E-state index is 0.0813. The van der Waals surface area contributed by atoms with Crippen molar-refractivity contribution in [2.24, 2.45) is 5.92 Å². The Morgan fingerprint density at radius 2 is 2.37 bits per heavy atom. The first-order chi connectivity index (χ1) is 9.15. The van der Waals surface area contributed by atoms with Crippen LogP contribution in [0.15, 0.2) is 18.3 Å². The number of nitrogens with one attached hydrogen (secondary N) is 2. The SMILES string of the molecule is CC(C)CNc1ccc(NC(=O)C2CCCO2)cn1. The Bertz CT molecular complexity index is 411. The first-order valence-corrected chi connectivity index (χ1v) is 6.77. The van der Waals surface area contributed by atoms with Gasteiger partial charge in [0.15, 0.2) is 0 Å². The summed E-state index contributed by atoms with van der Waals surface area (Å²) in [7, 11) is 0. The largest absolute Gasteiger partial charge is 0.370 e. The van der Waals surface area contributed by atoms with Crippen LogP contribution in [0.4, 0.5) is 11.5 Å². The minimum atomic E-state index is -0.307. The molecule has 1 aromatic heterocycles. The number of pyridine rings is 1. The van der Waals surface area contributed by atoms with Crippen molar-refractivity contribution < 1.29 is 9.53 Å². The van der Waals surface area contributed by atoms with Crippen molar-refractivity contribution in [2.45, 2.75) is 32.8 Å². The number of amides is 1. The van der Waals surface area contributed by atoms with Crippen LogP contribution in [0.25, 0.3) is 0 Å². The summed E-state index contributed by atoms with van der Waals surface area (Å²) in [6.45, 7) is 5.84. The molecule has 0 aliphatic carbocycles. The third-order valence-corrected chi connectivity index (χ3v) is 2.94. The molecule has 0 saturated carbocycles. The van der Waals surface area contributed by atoms with E-state index in [1.54, 1.807) is 6.20 Å². The molecule has 1 aliphatic rings. The van der Waals surface area contributed by atoms with Crippen LogP contribution < -0.4 is 10.6 Å². The Morgan fingerprint density at radius 3 is 2.95 bits per heavy atom. The molecule has 1 fully saturated rings. The maximum Gasteiger partial charge on any atom is 0.253 e. The molecular formula is C14H21N3O2. The molecule has 1 atom stereocenters. The molecule has 19 heavy (non-hydrogen) atoms. The van der Waals surface area contributed by atoms with Gasteiger partial charge >= 0.3 is 0 Å². The molecule has 5 heteroatoms. The van der Waals surface area contributed by atoms with Crippen LogP contribution in [0, 0.1) is 5.92 Å². The van der Waals surface area contributed by atoms with Crippen molar-refractivity contribution >= 4 is 17.4 Å². The number of carbonyl (C=O) groups excluding carboxylic acids is 1. The fourth-order valence-corrected chi connectivity index (χ4v) is 1.89. The number of aromatic nitrogens is 1. The molecule has 0 radical (unpaired) electrons. The number of carbonyl (C=O) groups is 1. The monoisotopic (exact) mass is 263 g/mol. The number of ether oxygens (including phenoxy) is 1.